The lowest BCUT2D eigenvalue weighted by atomic mass is 10.2. The fourth-order valence-electron chi connectivity index (χ4n) is 2.97. The minimum absolute atomic E-state index is 0.272. The zero-order valence-corrected chi connectivity index (χ0v) is 19.1. The quantitative estimate of drug-likeness (QED) is 0.289. The fraction of sp³-hybridized carbons (Fsp3) is 0.0800. The monoisotopic (exact) mass is 476 g/mol. The Balaban J connectivity index is 1.31. The predicted molar refractivity (Wildman–Crippen MR) is 133 cm³/mol. The van der Waals surface area contributed by atoms with Gasteiger partial charge in [-0.15, -0.1) is 0 Å². The Labute approximate surface area is 201 Å². The zero-order valence-electron chi connectivity index (χ0n) is 17.5. The van der Waals surface area contributed by atoms with E-state index in [4.69, 9.17) is 21.7 Å². The summed E-state index contributed by atoms with van der Waals surface area (Å²) >= 11 is 6.41. The third-order valence-corrected chi connectivity index (χ3v) is 5.89. The number of amides is 2. The summed E-state index contributed by atoms with van der Waals surface area (Å²) in [6.07, 6.45) is 1.73. The molecule has 0 spiro atoms. The van der Waals surface area contributed by atoms with Crippen molar-refractivity contribution in [2.75, 3.05) is 13.2 Å². The number of hydrogen-bond donors (Lipinski definition) is 1. The number of nitrogens with zero attached hydrogens (tertiary/aromatic N) is 1. The maximum absolute atomic E-state index is 12.7. The van der Waals surface area contributed by atoms with Gasteiger partial charge in [0.25, 0.3) is 11.8 Å². The van der Waals surface area contributed by atoms with Crippen LogP contribution in [0.2, 0.25) is 0 Å². The van der Waals surface area contributed by atoms with Crippen LogP contribution >= 0.6 is 24.0 Å². The lowest BCUT2D eigenvalue weighted by molar-refractivity contribution is -0.123. The Morgan fingerprint density at radius 2 is 1.45 bits per heavy atom. The third-order valence-electron chi connectivity index (χ3n) is 4.58. The van der Waals surface area contributed by atoms with Gasteiger partial charge in [0.15, 0.2) is 4.32 Å². The summed E-state index contributed by atoms with van der Waals surface area (Å²) in [6, 6.07) is 25.6. The number of thioether (sulfide) groups is 1. The molecule has 0 atom stereocenters. The highest BCUT2D eigenvalue weighted by molar-refractivity contribution is 8.26. The molecule has 0 saturated carbocycles. The number of hydrazine groups is 1. The molecule has 0 unspecified atom stereocenters. The number of ether oxygens (including phenoxy) is 2. The third kappa shape index (κ3) is 6.00. The van der Waals surface area contributed by atoms with Crippen LogP contribution in [-0.4, -0.2) is 34.4 Å². The van der Waals surface area contributed by atoms with Crippen LogP contribution < -0.4 is 14.9 Å². The second-order valence-corrected chi connectivity index (χ2v) is 8.58. The number of rotatable bonds is 8. The van der Waals surface area contributed by atoms with Gasteiger partial charge in [-0.3, -0.25) is 15.0 Å². The van der Waals surface area contributed by atoms with E-state index in [0.29, 0.717) is 29.4 Å². The first-order valence-corrected chi connectivity index (χ1v) is 11.4. The molecule has 1 fully saturated rings. The molecule has 4 rings (SSSR count). The van der Waals surface area contributed by atoms with Gasteiger partial charge in [0, 0.05) is 5.56 Å². The number of benzene rings is 3. The van der Waals surface area contributed by atoms with E-state index in [0.717, 1.165) is 28.1 Å². The van der Waals surface area contributed by atoms with Crippen molar-refractivity contribution in [3.63, 3.8) is 0 Å². The first-order valence-electron chi connectivity index (χ1n) is 10.1. The van der Waals surface area contributed by atoms with E-state index in [1.54, 1.807) is 30.3 Å². The summed E-state index contributed by atoms with van der Waals surface area (Å²) in [5.41, 5.74) is 3.83. The molecule has 1 heterocycles. The smallest absolute Gasteiger partial charge is 0.285 e. The highest BCUT2D eigenvalue weighted by Gasteiger charge is 2.33. The van der Waals surface area contributed by atoms with Crippen LogP contribution in [0.15, 0.2) is 89.8 Å². The van der Waals surface area contributed by atoms with Crippen molar-refractivity contribution in [2.45, 2.75) is 0 Å². The summed E-state index contributed by atoms with van der Waals surface area (Å²) in [5.74, 6) is 0.735. The molecule has 0 aliphatic carbocycles. The van der Waals surface area contributed by atoms with Gasteiger partial charge in [0.2, 0.25) is 0 Å². The number of carbonyl (C=O) groups excluding carboxylic acids is 2. The minimum atomic E-state index is -0.397. The van der Waals surface area contributed by atoms with Crippen LogP contribution in [0.4, 0.5) is 0 Å². The minimum Gasteiger partial charge on any atom is -0.490 e. The van der Waals surface area contributed by atoms with Gasteiger partial charge in [-0.05, 0) is 60.3 Å². The Kier molecular flexibility index (Phi) is 7.39. The molecule has 0 aromatic heterocycles. The molecule has 1 aliphatic rings. The lowest BCUT2D eigenvalue weighted by Gasteiger charge is -2.15. The first-order chi connectivity index (χ1) is 16.1. The van der Waals surface area contributed by atoms with Crippen molar-refractivity contribution < 1.29 is 19.1 Å². The van der Waals surface area contributed by atoms with Crippen molar-refractivity contribution in [3.8, 4) is 11.5 Å². The molecule has 166 valence electrons. The maximum atomic E-state index is 12.7. The number of para-hydroxylation sites is 1. The van der Waals surface area contributed by atoms with Gasteiger partial charge in [-0.2, -0.15) is 5.01 Å². The molecule has 3 aromatic rings. The van der Waals surface area contributed by atoms with Crippen LogP contribution in [-0.2, 0) is 4.79 Å². The molecule has 33 heavy (non-hydrogen) atoms. The number of thiocarbonyl (C=S) groups is 1. The maximum Gasteiger partial charge on any atom is 0.285 e. The van der Waals surface area contributed by atoms with Gasteiger partial charge >= 0.3 is 0 Å². The van der Waals surface area contributed by atoms with Crippen molar-refractivity contribution in [3.05, 3.63) is 101 Å². The molecule has 8 heteroatoms. The Morgan fingerprint density at radius 1 is 0.879 bits per heavy atom. The normalized spacial score (nSPS) is 14.4. The topological polar surface area (TPSA) is 67.9 Å². The Hall–Kier alpha value is -3.62. The highest BCUT2D eigenvalue weighted by Crippen LogP contribution is 2.31. The van der Waals surface area contributed by atoms with Crippen molar-refractivity contribution in [1.29, 1.82) is 0 Å². The molecule has 0 bridgehead atoms. The van der Waals surface area contributed by atoms with Gasteiger partial charge in [0.05, 0.1) is 4.91 Å². The number of carbonyl (C=O) groups is 2. The molecule has 1 N–H and O–H groups in total. The fourth-order valence-corrected chi connectivity index (χ4v) is 4.15. The van der Waals surface area contributed by atoms with Crippen LogP contribution in [0.1, 0.15) is 15.9 Å². The average Bonchev–Trinajstić information content (AvgIpc) is 3.11. The highest BCUT2D eigenvalue weighted by atomic mass is 32.2. The molecule has 3 aromatic carbocycles. The van der Waals surface area contributed by atoms with Crippen molar-refractivity contribution >= 4 is 46.2 Å². The van der Waals surface area contributed by atoms with E-state index >= 15 is 0 Å². The SMILES string of the molecule is O=C(NN1C(=O)/C(=C/c2ccc(OCCOc3ccccc3)cc2)SC1=S)c1ccccc1. The van der Waals surface area contributed by atoms with Crippen LogP contribution in [0.5, 0.6) is 11.5 Å². The van der Waals surface area contributed by atoms with E-state index in [9.17, 15) is 9.59 Å². The van der Waals surface area contributed by atoms with E-state index in [1.807, 2.05) is 60.7 Å². The second-order valence-electron chi connectivity index (χ2n) is 6.90. The van der Waals surface area contributed by atoms with Gasteiger partial charge in [-0.1, -0.05) is 60.3 Å². The first kappa shape index (κ1) is 22.6. The van der Waals surface area contributed by atoms with Gasteiger partial charge < -0.3 is 9.47 Å². The molecule has 1 saturated heterocycles. The summed E-state index contributed by atoms with van der Waals surface area (Å²) in [7, 11) is 0. The van der Waals surface area contributed by atoms with E-state index in [-0.39, 0.29) is 10.2 Å². The van der Waals surface area contributed by atoms with Crippen LogP contribution in [0.3, 0.4) is 0 Å². The number of nitrogens with one attached hydrogen (secondary N) is 1. The van der Waals surface area contributed by atoms with Crippen LogP contribution in [0.25, 0.3) is 6.08 Å². The summed E-state index contributed by atoms with van der Waals surface area (Å²) in [6.45, 7) is 0.844. The predicted octanol–water partition coefficient (Wildman–Crippen LogP) is 4.69. The van der Waals surface area contributed by atoms with Crippen molar-refractivity contribution in [1.82, 2.24) is 10.4 Å². The second kappa shape index (κ2) is 10.8. The summed E-state index contributed by atoms with van der Waals surface area (Å²) in [5, 5.41) is 1.10. The molecular formula is C25H20N2O4S2. The van der Waals surface area contributed by atoms with Gasteiger partial charge in [-0.25, -0.2) is 0 Å². The Morgan fingerprint density at radius 3 is 2.09 bits per heavy atom. The molecule has 1 aliphatic heterocycles. The molecular weight excluding hydrogens is 456 g/mol. The van der Waals surface area contributed by atoms with Crippen molar-refractivity contribution in [2.24, 2.45) is 0 Å². The lowest BCUT2D eigenvalue weighted by Crippen LogP contribution is -2.44. The standard InChI is InChI=1S/C25H20N2O4S2/c28-23(19-7-3-1-4-8-19)26-27-24(29)22(33-25(27)32)17-18-11-13-21(14-12-18)31-16-15-30-20-9-5-2-6-10-20/h1-14,17H,15-16H2,(H,26,28)/b22-17-. The molecule has 6 nitrogen and oxygen atoms in total. The van der Waals surface area contributed by atoms with E-state index in [1.165, 1.54) is 0 Å². The average molecular weight is 477 g/mol. The Bertz CT molecular complexity index is 1170. The molecule has 0 radical (unpaired) electrons. The summed E-state index contributed by atoms with van der Waals surface area (Å²) < 4.78 is 11.6. The van der Waals surface area contributed by atoms with Gasteiger partial charge in [0.1, 0.15) is 24.7 Å². The molecule has 2 amide bonds. The summed E-state index contributed by atoms with van der Waals surface area (Å²) in [4.78, 5) is 25.5. The zero-order chi connectivity index (χ0) is 23.0. The van der Waals surface area contributed by atoms with Crippen LogP contribution in [0, 0.1) is 0 Å². The number of hydrogen-bond acceptors (Lipinski definition) is 6. The largest absolute Gasteiger partial charge is 0.490 e. The van der Waals surface area contributed by atoms with E-state index in [2.05, 4.69) is 5.43 Å². The van der Waals surface area contributed by atoms with E-state index < -0.39 is 5.91 Å².